The Morgan fingerprint density at radius 2 is 2.18 bits per heavy atom. The summed E-state index contributed by atoms with van der Waals surface area (Å²) in [4.78, 5) is 14.9. The van der Waals surface area contributed by atoms with Gasteiger partial charge in [0.1, 0.15) is 0 Å². The molecule has 2 aromatic carbocycles. The van der Waals surface area contributed by atoms with E-state index in [9.17, 15) is 4.79 Å². The fourth-order valence-electron chi connectivity index (χ4n) is 3.72. The summed E-state index contributed by atoms with van der Waals surface area (Å²) < 4.78 is 0. The number of piperidine rings is 1. The zero-order valence-corrected chi connectivity index (χ0v) is 12.2. The van der Waals surface area contributed by atoms with Crippen LogP contribution < -0.4 is 5.32 Å². The number of amides is 1. The zero-order chi connectivity index (χ0) is 15.1. The molecule has 4 nitrogen and oxygen atoms in total. The first-order chi connectivity index (χ1) is 10.7. The van der Waals surface area contributed by atoms with Crippen LogP contribution in [0.1, 0.15) is 22.3 Å². The van der Waals surface area contributed by atoms with E-state index in [1.54, 1.807) is 6.07 Å². The fraction of sp³-hybridized carbons (Fsp3) is 0.333. The quantitative estimate of drug-likeness (QED) is 0.922. The van der Waals surface area contributed by atoms with Crippen LogP contribution in [0.4, 0.5) is 0 Å². The van der Waals surface area contributed by atoms with Crippen LogP contribution in [0, 0.1) is 17.2 Å². The van der Waals surface area contributed by atoms with E-state index in [1.165, 1.54) is 13.0 Å². The first-order valence-electron chi connectivity index (χ1n) is 7.71. The van der Waals surface area contributed by atoms with Gasteiger partial charge in [0.15, 0.2) is 0 Å². The summed E-state index contributed by atoms with van der Waals surface area (Å²) in [5, 5.41) is 14.1. The van der Waals surface area contributed by atoms with E-state index in [1.807, 2.05) is 30.3 Å². The fourth-order valence-corrected chi connectivity index (χ4v) is 3.72. The smallest absolute Gasteiger partial charge is 0.251 e. The number of hydrogen-bond acceptors (Lipinski definition) is 3. The third-order valence-corrected chi connectivity index (χ3v) is 4.91. The van der Waals surface area contributed by atoms with Gasteiger partial charge < -0.3 is 10.2 Å². The van der Waals surface area contributed by atoms with Crippen LogP contribution in [-0.4, -0.2) is 36.5 Å². The average Bonchev–Trinajstić information content (AvgIpc) is 3.16. The molecule has 2 heterocycles. The van der Waals surface area contributed by atoms with Crippen molar-refractivity contribution in [2.24, 2.45) is 5.92 Å². The number of rotatable bonds is 2. The highest BCUT2D eigenvalue weighted by atomic mass is 16.1. The molecule has 2 aromatic rings. The largest absolute Gasteiger partial charge is 0.348 e. The van der Waals surface area contributed by atoms with Crippen LogP contribution in [0.5, 0.6) is 0 Å². The van der Waals surface area contributed by atoms with Crippen LogP contribution in [0.25, 0.3) is 10.8 Å². The zero-order valence-electron chi connectivity index (χ0n) is 12.2. The number of fused-ring (bicyclic) bond motifs is 3. The van der Waals surface area contributed by atoms with E-state index in [4.69, 9.17) is 5.26 Å². The Labute approximate surface area is 129 Å². The molecule has 2 fully saturated rings. The van der Waals surface area contributed by atoms with Gasteiger partial charge in [0.25, 0.3) is 5.91 Å². The van der Waals surface area contributed by atoms with Crippen LogP contribution >= 0.6 is 0 Å². The average molecular weight is 291 g/mol. The normalized spacial score (nSPS) is 26.0. The molecule has 0 radical (unpaired) electrons. The Balaban J connectivity index is 1.58. The minimum atomic E-state index is -0.0111. The minimum Gasteiger partial charge on any atom is -0.348 e. The molecule has 4 rings (SSSR count). The van der Waals surface area contributed by atoms with E-state index in [2.05, 4.69) is 16.3 Å². The van der Waals surface area contributed by atoms with Crippen LogP contribution in [0.15, 0.2) is 36.4 Å². The molecule has 110 valence electrons. The monoisotopic (exact) mass is 291 g/mol. The molecule has 22 heavy (non-hydrogen) atoms. The Bertz CT molecular complexity index is 793. The maximum Gasteiger partial charge on any atom is 0.251 e. The lowest BCUT2D eigenvalue weighted by Crippen LogP contribution is -2.43. The molecule has 0 aliphatic carbocycles. The summed E-state index contributed by atoms with van der Waals surface area (Å²) in [5.41, 5.74) is 1.31. The summed E-state index contributed by atoms with van der Waals surface area (Å²) in [6, 6.07) is 13.6. The molecule has 1 N–H and O–H groups in total. The second kappa shape index (κ2) is 5.11. The van der Waals surface area contributed by atoms with Crippen molar-refractivity contribution < 1.29 is 4.79 Å². The molecule has 4 heteroatoms. The molecular weight excluding hydrogens is 274 g/mol. The Kier molecular flexibility index (Phi) is 3.09. The summed E-state index contributed by atoms with van der Waals surface area (Å²) in [5.74, 6) is 0.595. The van der Waals surface area contributed by atoms with Gasteiger partial charge >= 0.3 is 0 Å². The third kappa shape index (κ3) is 2.15. The van der Waals surface area contributed by atoms with Crippen LogP contribution in [0.2, 0.25) is 0 Å². The number of nitrogens with one attached hydrogen (secondary N) is 1. The second-order valence-corrected chi connectivity index (χ2v) is 6.24. The summed E-state index contributed by atoms with van der Waals surface area (Å²) >= 11 is 0. The highest BCUT2D eigenvalue weighted by molar-refractivity contribution is 5.99. The van der Waals surface area contributed by atoms with Gasteiger partial charge in [0.2, 0.25) is 0 Å². The highest BCUT2D eigenvalue weighted by Gasteiger charge is 2.38. The van der Waals surface area contributed by atoms with E-state index in [-0.39, 0.29) is 11.9 Å². The first-order valence-corrected chi connectivity index (χ1v) is 7.71. The predicted molar refractivity (Wildman–Crippen MR) is 84.5 cm³/mol. The topological polar surface area (TPSA) is 56.1 Å². The summed E-state index contributed by atoms with van der Waals surface area (Å²) in [6.07, 6.45) is 1.19. The Hall–Kier alpha value is -2.38. The molecule has 2 bridgehead atoms. The van der Waals surface area contributed by atoms with Crippen molar-refractivity contribution in [3.8, 4) is 6.07 Å². The molecule has 0 saturated carbocycles. The molecular formula is C18H17N3O. The van der Waals surface area contributed by atoms with Crippen molar-refractivity contribution in [3.63, 3.8) is 0 Å². The van der Waals surface area contributed by atoms with Gasteiger partial charge in [0, 0.05) is 24.7 Å². The van der Waals surface area contributed by atoms with Crippen LogP contribution in [-0.2, 0) is 0 Å². The number of nitriles is 1. The number of carbonyl (C=O) groups is 1. The number of hydrogen-bond donors (Lipinski definition) is 1. The molecule has 2 aliphatic heterocycles. The highest BCUT2D eigenvalue weighted by Crippen LogP contribution is 2.28. The van der Waals surface area contributed by atoms with E-state index in [0.29, 0.717) is 17.0 Å². The molecule has 2 unspecified atom stereocenters. The molecule has 2 saturated heterocycles. The number of benzene rings is 2. The molecule has 1 amide bonds. The third-order valence-electron chi connectivity index (χ3n) is 4.91. The van der Waals surface area contributed by atoms with Crippen molar-refractivity contribution in [2.75, 3.05) is 19.6 Å². The second-order valence-electron chi connectivity index (χ2n) is 6.24. The van der Waals surface area contributed by atoms with E-state index >= 15 is 0 Å². The van der Waals surface area contributed by atoms with E-state index in [0.717, 1.165) is 23.9 Å². The standard InChI is InChI=1S/C18H17N3O/c19-9-14-3-1-2-12-8-13(4-5-16(12)14)18(22)20-17-11-21-7-6-15(17)10-21/h1-5,8,15,17H,6-7,10-11H2,(H,20,22)/t15-,17?/m0/s1. The Morgan fingerprint density at radius 3 is 2.91 bits per heavy atom. The molecule has 0 aromatic heterocycles. The van der Waals surface area contributed by atoms with Crippen molar-refractivity contribution in [1.82, 2.24) is 10.2 Å². The first kappa shape index (κ1) is 13.3. The van der Waals surface area contributed by atoms with Crippen LogP contribution in [0.3, 0.4) is 0 Å². The van der Waals surface area contributed by atoms with Gasteiger partial charge in [0.05, 0.1) is 11.6 Å². The van der Waals surface area contributed by atoms with Gasteiger partial charge in [-0.3, -0.25) is 4.79 Å². The van der Waals surface area contributed by atoms with Gasteiger partial charge in [-0.2, -0.15) is 5.26 Å². The van der Waals surface area contributed by atoms with Gasteiger partial charge in [-0.1, -0.05) is 18.2 Å². The lowest BCUT2D eigenvalue weighted by molar-refractivity contribution is 0.0924. The predicted octanol–water partition coefficient (Wildman–Crippen LogP) is 2.15. The lowest BCUT2D eigenvalue weighted by Gasteiger charge is -2.23. The SMILES string of the molecule is N#Cc1cccc2cc(C(=O)NC3CN4CC[C@H]3C4)ccc12. The number of nitrogens with zero attached hydrogens (tertiary/aromatic N) is 2. The van der Waals surface area contributed by atoms with Gasteiger partial charge in [-0.15, -0.1) is 0 Å². The summed E-state index contributed by atoms with van der Waals surface area (Å²) in [7, 11) is 0. The van der Waals surface area contributed by atoms with Gasteiger partial charge in [-0.25, -0.2) is 0 Å². The Morgan fingerprint density at radius 1 is 1.27 bits per heavy atom. The molecule has 0 spiro atoms. The summed E-state index contributed by atoms with van der Waals surface area (Å²) in [6.45, 7) is 3.26. The van der Waals surface area contributed by atoms with Crippen molar-refractivity contribution in [3.05, 3.63) is 47.5 Å². The maximum atomic E-state index is 12.5. The number of carbonyl (C=O) groups excluding carboxylic acids is 1. The minimum absolute atomic E-state index is 0.0111. The maximum absolute atomic E-state index is 12.5. The lowest BCUT2D eigenvalue weighted by atomic mass is 9.99. The van der Waals surface area contributed by atoms with Crippen molar-refractivity contribution in [1.29, 1.82) is 5.26 Å². The van der Waals surface area contributed by atoms with Gasteiger partial charge in [-0.05, 0) is 47.9 Å². The molecule has 2 aliphatic rings. The van der Waals surface area contributed by atoms with E-state index < -0.39 is 0 Å². The van der Waals surface area contributed by atoms with Crippen molar-refractivity contribution in [2.45, 2.75) is 12.5 Å². The molecule has 3 atom stereocenters. The van der Waals surface area contributed by atoms with Crippen molar-refractivity contribution >= 4 is 16.7 Å².